The maximum absolute atomic E-state index is 11.3. The molecule has 1 unspecified atom stereocenters. The van der Waals surface area contributed by atoms with Crippen LogP contribution in [0.3, 0.4) is 0 Å². The van der Waals surface area contributed by atoms with Crippen LogP contribution in [0.5, 0.6) is 0 Å². The van der Waals surface area contributed by atoms with Gasteiger partial charge in [-0.3, -0.25) is 4.79 Å². The van der Waals surface area contributed by atoms with Crippen LogP contribution in [0.25, 0.3) is 0 Å². The van der Waals surface area contributed by atoms with Gasteiger partial charge < -0.3 is 4.74 Å². The zero-order valence-electron chi connectivity index (χ0n) is 9.30. The van der Waals surface area contributed by atoms with Gasteiger partial charge in [-0.15, -0.1) is 0 Å². The number of esters is 1. The molecule has 78 valence electrons. The van der Waals surface area contributed by atoms with E-state index in [1.165, 1.54) is 0 Å². The van der Waals surface area contributed by atoms with Gasteiger partial charge in [0.2, 0.25) is 0 Å². The molecular weight excluding hydrogens is 164 g/mol. The van der Waals surface area contributed by atoms with Gasteiger partial charge in [-0.05, 0) is 18.8 Å². The van der Waals surface area contributed by atoms with Crippen LogP contribution < -0.4 is 0 Å². The number of hydrogen-bond donors (Lipinski definition) is 0. The highest BCUT2D eigenvalue weighted by atomic mass is 16.5. The maximum Gasteiger partial charge on any atom is 0.306 e. The van der Waals surface area contributed by atoms with E-state index < -0.39 is 0 Å². The molecule has 2 heteroatoms. The van der Waals surface area contributed by atoms with Crippen LogP contribution >= 0.6 is 0 Å². The summed E-state index contributed by atoms with van der Waals surface area (Å²) in [5, 5.41) is 0. The van der Waals surface area contributed by atoms with Crippen molar-refractivity contribution in [2.75, 3.05) is 0 Å². The SMILES string of the molecule is CCCC(CC)OC(=O)CC(C)C. The van der Waals surface area contributed by atoms with Gasteiger partial charge >= 0.3 is 5.97 Å². The standard InChI is InChI=1S/C11H22O2/c1-5-7-10(6-2)13-11(12)8-9(3)4/h9-10H,5-8H2,1-4H3. The van der Waals surface area contributed by atoms with E-state index in [9.17, 15) is 4.79 Å². The van der Waals surface area contributed by atoms with Crippen molar-refractivity contribution in [1.82, 2.24) is 0 Å². The first kappa shape index (κ1) is 12.5. The van der Waals surface area contributed by atoms with E-state index in [-0.39, 0.29) is 12.1 Å². The van der Waals surface area contributed by atoms with Gasteiger partial charge in [0.15, 0.2) is 0 Å². The van der Waals surface area contributed by atoms with E-state index in [1.54, 1.807) is 0 Å². The summed E-state index contributed by atoms with van der Waals surface area (Å²) < 4.78 is 5.31. The highest BCUT2D eigenvalue weighted by molar-refractivity contribution is 5.69. The lowest BCUT2D eigenvalue weighted by Gasteiger charge is -2.15. The van der Waals surface area contributed by atoms with Gasteiger partial charge in [0.1, 0.15) is 6.10 Å². The smallest absolute Gasteiger partial charge is 0.306 e. The zero-order valence-corrected chi connectivity index (χ0v) is 9.30. The number of hydrogen-bond acceptors (Lipinski definition) is 2. The van der Waals surface area contributed by atoms with Gasteiger partial charge in [-0.25, -0.2) is 0 Å². The summed E-state index contributed by atoms with van der Waals surface area (Å²) in [7, 11) is 0. The molecule has 0 aliphatic carbocycles. The average Bonchev–Trinajstić information content (AvgIpc) is 2.02. The first-order chi connectivity index (χ1) is 6.10. The van der Waals surface area contributed by atoms with E-state index in [0.717, 1.165) is 19.3 Å². The molecule has 0 N–H and O–H groups in total. The Labute approximate surface area is 81.7 Å². The largest absolute Gasteiger partial charge is 0.462 e. The minimum Gasteiger partial charge on any atom is -0.462 e. The number of carbonyl (C=O) groups is 1. The Morgan fingerprint density at radius 3 is 2.31 bits per heavy atom. The lowest BCUT2D eigenvalue weighted by atomic mass is 10.1. The van der Waals surface area contributed by atoms with Crippen molar-refractivity contribution >= 4 is 5.97 Å². The summed E-state index contributed by atoms with van der Waals surface area (Å²) >= 11 is 0. The van der Waals surface area contributed by atoms with Crippen molar-refractivity contribution in [2.45, 2.75) is 59.5 Å². The fraction of sp³-hybridized carbons (Fsp3) is 0.909. The molecule has 0 aromatic rings. The summed E-state index contributed by atoms with van der Waals surface area (Å²) in [6.45, 7) is 8.23. The molecule has 0 heterocycles. The Morgan fingerprint density at radius 2 is 1.92 bits per heavy atom. The van der Waals surface area contributed by atoms with Gasteiger partial charge in [0, 0.05) is 6.42 Å². The topological polar surface area (TPSA) is 26.3 Å². The molecular formula is C11H22O2. The van der Waals surface area contributed by atoms with E-state index in [4.69, 9.17) is 4.74 Å². The fourth-order valence-corrected chi connectivity index (χ4v) is 1.24. The lowest BCUT2D eigenvalue weighted by molar-refractivity contribution is -0.150. The Bertz CT molecular complexity index is 141. The summed E-state index contributed by atoms with van der Waals surface area (Å²) in [6.07, 6.45) is 3.67. The predicted molar refractivity (Wildman–Crippen MR) is 54.5 cm³/mol. The normalized spacial score (nSPS) is 13.0. The van der Waals surface area contributed by atoms with Crippen molar-refractivity contribution in [3.8, 4) is 0 Å². The molecule has 0 bridgehead atoms. The summed E-state index contributed by atoms with van der Waals surface area (Å²) in [5.74, 6) is 0.349. The molecule has 1 atom stereocenters. The molecule has 0 fully saturated rings. The molecule has 0 rings (SSSR count). The molecule has 0 aliphatic heterocycles. The van der Waals surface area contributed by atoms with Crippen LogP contribution in [-0.4, -0.2) is 12.1 Å². The highest BCUT2D eigenvalue weighted by Crippen LogP contribution is 2.09. The number of carbonyl (C=O) groups excluding carboxylic acids is 1. The lowest BCUT2D eigenvalue weighted by Crippen LogP contribution is -2.18. The Kier molecular flexibility index (Phi) is 6.65. The van der Waals surface area contributed by atoms with Crippen LogP contribution in [0.1, 0.15) is 53.4 Å². The van der Waals surface area contributed by atoms with Gasteiger partial charge in [-0.1, -0.05) is 34.1 Å². The van der Waals surface area contributed by atoms with Crippen molar-refractivity contribution in [3.05, 3.63) is 0 Å². The van der Waals surface area contributed by atoms with Gasteiger partial charge in [0.25, 0.3) is 0 Å². The highest BCUT2D eigenvalue weighted by Gasteiger charge is 2.12. The van der Waals surface area contributed by atoms with Crippen molar-refractivity contribution < 1.29 is 9.53 Å². The van der Waals surface area contributed by atoms with Crippen LogP contribution in [0.15, 0.2) is 0 Å². The molecule has 0 aromatic heterocycles. The predicted octanol–water partition coefficient (Wildman–Crippen LogP) is 3.15. The third kappa shape index (κ3) is 6.62. The monoisotopic (exact) mass is 186 g/mol. The van der Waals surface area contributed by atoms with E-state index >= 15 is 0 Å². The molecule has 0 aromatic carbocycles. The molecule has 0 saturated heterocycles. The minimum absolute atomic E-state index is 0.0460. The van der Waals surface area contributed by atoms with Crippen molar-refractivity contribution in [2.24, 2.45) is 5.92 Å². The number of ether oxygens (including phenoxy) is 1. The quantitative estimate of drug-likeness (QED) is 0.596. The van der Waals surface area contributed by atoms with Crippen molar-refractivity contribution in [1.29, 1.82) is 0 Å². The third-order valence-electron chi connectivity index (χ3n) is 1.94. The summed E-state index contributed by atoms with van der Waals surface area (Å²) in [4.78, 5) is 11.3. The Morgan fingerprint density at radius 1 is 1.31 bits per heavy atom. The van der Waals surface area contributed by atoms with E-state index in [2.05, 4.69) is 13.8 Å². The number of rotatable bonds is 6. The van der Waals surface area contributed by atoms with Crippen LogP contribution in [0.2, 0.25) is 0 Å². The van der Waals surface area contributed by atoms with Crippen LogP contribution in [0, 0.1) is 5.92 Å². The Balaban J connectivity index is 3.73. The second-order valence-electron chi connectivity index (χ2n) is 3.91. The maximum atomic E-state index is 11.3. The Hall–Kier alpha value is -0.530. The van der Waals surface area contributed by atoms with Crippen molar-refractivity contribution in [3.63, 3.8) is 0 Å². The summed E-state index contributed by atoms with van der Waals surface area (Å²) in [5.41, 5.74) is 0. The zero-order chi connectivity index (χ0) is 10.3. The molecule has 0 saturated carbocycles. The fourth-order valence-electron chi connectivity index (χ4n) is 1.24. The van der Waals surface area contributed by atoms with Crippen LogP contribution in [-0.2, 0) is 9.53 Å². The van der Waals surface area contributed by atoms with Gasteiger partial charge in [0.05, 0.1) is 0 Å². The van der Waals surface area contributed by atoms with E-state index in [1.807, 2.05) is 13.8 Å². The third-order valence-corrected chi connectivity index (χ3v) is 1.94. The van der Waals surface area contributed by atoms with Gasteiger partial charge in [-0.2, -0.15) is 0 Å². The molecule has 0 aliphatic rings. The van der Waals surface area contributed by atoms with Crippen LogP contribution in [0.4, 0.5) is 0 Å². The first-order valence-corrected chi connectivity index (χ1v) is 5.29. The minimum atomic E-state index is -0.0460. The molecule has 0 spiro atoms. The average molecular weight is 186 g/mol. The molecule has 0 amide bonds. The molecule has 2 nitrogen and oxygen atoms in total. The van der Waals surface area contributed by atoms with E-state index in [0.29, 0.717) is 12.3 Å². The first-order valence-electron chi connectivity index (χ1n) is 5.29. The second kappa shape index (κ2) is 6.93. The summed E-state index contributed by atoms with van der Waals surface area (Å²) in [6, 6.07) is 0. The second-order valence-corrected chi connectivity index (χ2v) is 3.91. The molecule has 0 radical (unpaired) electrons. The molecule has 13 heavy (non-hydrogen) atoms.